The summed E-state index contributed by atoms with van der Waals surface area (Å²) >= 11 is 0.928. The average Bonchev–Trinajstić information content (AvgIpc) is 3.63. The van der Waals surface area contributed by atoms with Crippen LogP contribution in [0.2, 0.25) is 0 Å². The number of Topliss-reactive ketones (excluding diaryl/α,β-unsaturated/α-hetero) is 1. The first-order valence-corrected chi connectivity index (χ1v) is 14.2. The molecule has 11 heteroatoms. The van der Waals surface area contributed by atoms with Crippen LogP contribution in [0.5, 0.6) is 17.2 Å². The normalized spacial score (nSPS) is 18.9. The summed E-state index contributed by atoms with van der Waals surface area (Å²) in [6, 6.07) is 9.10. The fourth-order valence-corrected chi connectivity index (χ4v) is 6.08. The molecule has 0 spiro atoms. The number of benzene rings is 2. The number of ketones is 1. The Hall–Kier alpha value is -4.64. The lowest BCUT2D eigenvalue weighted by atomic mass is 9.94. The summed E-state index contributed by atoms with van der Waals surface area (Å²) in [7, 11) is 1.25. The van der Waals surface area contributed by atoms with Gasteiger partial charge < -0.3 is 24.1 Å². The van der Waals surface area contributed by atoms with Gasteiger partial charge in [-0.2, -0.15) is 0 Å². The maximum absolute atomic E-state index is 13.7. The number of anilines is 1. The van der Waals surface area contributed by atoms with Gasteiger partial charge in [0, 0.05) is 12.0 Å². The lowest BCUT2D eigenvalue weighted by molar-refractivity contribution is -0.132. The van der Waals surface area contributed by atoms with Crippen molar-refractivity contribution in [1.82, 2.24) is 4.98 Å². The monoisotopic (exact) mass is 590 g/mol. The Kier molecular flexibility index (Phi) is 8.04. The van der Waals surface area contributed by atoms with Gasteiger partial charge in [0.05, 0.1) is 31.0 Å². The number of carbonyl (C=O) groups excluding carboxylic acids is 3. The Morgan fingerprint density at radius 3 is 2.71 bits per heavy atom. The molecule has 1 saturated heterocycles. The van der Waals surface area contributed by atoms with Crippen molar-refractivity contribution in [2.24, 2.45) is 0 Å². The van der Waals surface area contributed by atoms with Crippen molar-refractivity contribution in [2.75, 3.05) is 25.2 Å². The zero-order valence-corrected chi connectivity index (χ0v) is 24.4. The van der Waals surface area contributed by atoms with E-state index in [2.05, 4.69) is 11.6 Å². The van der Waals surface area contributed by atoms with E-state index in [1.165, 1.54) is 12.0 Å². The third-order valence-corrected chi connectivity index (χ3v) is 8.05. The number of hydrogen-bond acceptors (Lipinski definition) is 10. The Balaban J connectivity index is 1.70. The first-order chi connectivity index (χ1) is 20.2. The lowest BCUT2D eigenvalue weighted by Crippen LogP contribution is -2.29. The quantitative estimate of drug-likeness (QED) is 0.118. The predicted molar refractivity (Wildman–Crippen MR) is 157 cm³/mol. The van der Waals surface area contributed by atoms with Crippen molar-refractivity contribution in [3.63, 3.8) is 0 Å². The Morgan fingerprint density at radius 2 is 2.00 bits per heavy atom. The first-order valence-electron chi connectivity index (χ1n) is 13.4. The molecule has 1 fully saturated rings. The fraction of sp³-hybridized carbons (Fsp3) is 0.290. The van der Waals surface area contributed by atoms with E-state index in [0.717, 1.165) is 16.9 Å². The van der Waals surface area contributed by atoms with Crippen LogP contribution in [-0.4, -0.2) is 54.2 Å². The molecular weight excluding hydrogens is 560 g/mol. The van der Waals surface area contributed by atoms with Gasteiger partial charge >= 0.3 is 11.9 Å². The van der Waals surface area contributed by atoms with Gasteiger partial charge in [0.1, 0.15) is 29.1 Å². The fourth-order valence-electron chi connectivity index (χ4n) is 5.07. The summed E-state index contributed by atoms with van der Waals surface area (Å²) < 4.78 is 22.2. The number of rotatable bonds is 9. The van der Waals surface area contributed by atoms with Crippen LogP contribution < -0.4 is 19.1 Å². The number of aliphatic hydroxyl groups is 1. The highest BCUT2D eigenvalue weighted by Gasteiger charge is 2.48. The number of esters is 1. The summed E-state index contributed by atoms with van der Waals surface area (Å²) in [5.74, 6) is -1.19. The molecule has 0 radical (unpaired) electrons. The minimum absolute atomic E-state index is 0.0149. The molecule has 0 saturated carbocycles. The molecule has 1 aromatic heterocycles. The highest BCUT2D eigenvalue weighted by Crippen LogP contribution is 2.46. The molecule has 2 aromatic carbocycles. The smallest absolute Gasteiger partial charge is 0.350 e. The topological polar surface area (TPSA) is 124 Å². The van der Waals surface area contributed by atoms with Gasteiger partial charge in [-0.15, -0.1) is 0 Å². The van der Waals surface area contributed by atoms with E-state index in [1.54, 1.807) is 49.4 Å². The van der Waals surface area contributed by atoms with Crippen molar-refractivity contribution in [3.8, 4) is 17.2 Å². The van der Waals surface area contributed by atoms with Crippen molar-refractivity contribution >= 4 is 39.9 Å². The first kappa shape index (κ1) is 28.9. The summed E-state index contributed by atoms with van der Waals surface area (Å²) in [6.07, 6.45) is 2.23. The minimum Gasteiger partial charge on any atom is -0.507 e. The lowest BCUT2D eigenvalue weighted by Gasteiger charge is -2.24. The number of hydrogen-bond donors (Lipinski definition) is 1. The number of aromatic nitrogens is 1. The number of nitrogens with zero attached hydrogens (tertiary/aromatic N) is 2. The number of carbonyl (C=O) groups is 3. The third-order valence-electron chi connectivity index (χ3n) is 6.92. The van der Waals surface area contributed by atoms with E-state index in [0.29, 0.717) is 47.1 Å². The zero-order chi connectivity index (χ0) is 30.1. The van der Waals surface area contributed by atoms with E-state index < -0.39 is 23.7 Å². The van der Waals surface area contributed by atoms with E-state index in [9.17, 15) is 19.5 Å². The number of aliphatic hydroxyl groups excluding tert-OH is 1. The van der Waals surface area contributed by atoms with Gasteiger partial charge in [-0.1, -0.05) is 30.1 Å². The Labute approximate surface area is 246 Å². The van der Waals surface area contributed by atoms with Crippen LogP contribution in [0.1, 0.15) is 51.9 Å². The second-order valence-corrected chi connectivity index (χ2v) is 10.7. The minimum atomic E-state index is -1.09. The molecule has 2 aliphatic heterocycles. The largest absolute Gasteiger partial charge is 0.507 e. The molecule has 5 rings (SSSR count). The number of aryl methyl sites for hydroxylation is 1. The van der Waals surface area contributed by atoms with Gasteiger partial charge in [0.2, 0.25) is 0 Å². The van der Waals surface area contributed by atoms with Crippen LogP contribution in [0, 0.1) is 6.92 Å². The maximum Gasteiger partial charge on any atom is 0.350 e. The SMILES string of the molecule is C=CCOc1ccc(C2C(=C(O)c3ccc4c(c3)CC(C)O4)C(=O)C(=O)N2c2nc(C)c(C(=O)OC)s2)cc1OCC. The van der Waals surface area contributed by atoms with Crippen LogP contribution in [-0.2, 0) is 20.7 Å². The van der Waals surface area contributed by atoms with Gasteiger partial charge in [-0.05, 0) is 62.2 Å². The predicted octanol–water partition coefficient (Wildman–Crippen LogP) is 5.15. The number of ether oxygens (including phenoxy) is 4. The van der Waals surface area contributed by atoms with E-state index >= 15 is 0 Å². The van der Waals surface area contributed by atoms with Crippen molar-refractivity contribution < 1.29 is 38.4 Å². The van der Waals surface area contributed by atoms with Crippen LogP contribution >= 0.6 is 11.3 Å². The highest BCUT2D eigenvalue weighted by atomic mass is 32.1. The van der Waals surface area contributed by atoms with Crippen molar-refractivity contribution in [3.05, 3.63) is 81.9 Å². The molecule has 1 N–H and O–H groups in total. The molecule has 2 aliphatic rings. The molecule has 2 atom stereocenters. The molecule has 218 valence electrons. The van der Waals surface area contributed by atoms with Gasteiger partial charge in [0.25, 0.3) is 5.78 Å². The van der Waals surface area contributed by atoms with Gasteiger partial charge in [0.15, 0.2) is 16.6 Å². The molecule has 1 amide bonds. The van der Waals surface area contributed by atoms with Gasteiger partial charge in [-0.25, -0.2) is 9.78 Å². The second kappa shape index (κ2) is 11.7. The van der Waals surface area contributed by atoms with E-state index in [-0.39, 0.29) is 34.1 Å². The number of fused-ring (bicyclic) bond motifs is 1. The zero-order valence-electron chi connectivity index (χ0n) is 23.6. The van der Waals surface area contributed by atoms with Gasteiger partial charge in [-0.3, -0.25) is 14.5 Å². The van der Waals surface area contributed by atoms with Crippen LogP contribution in [0.15, 0.2) is 54.6 Å². The molecule has 3 aromatic rings. The number of amides is 1. The highest BCUT2D eigenvalue weighted by molar-refractivity contribution is 7.17. The van der Waals surface area contributed by atoms with E-state index in [4.69, 9.17) is 18.9 Å². The standard InChI is InChI=1S/C31H30N2O8S/c1-6-12-40-22-11-8-18(15-23(22)39-7-2)25-24(26(34)19-9-10-21-20(14-19)13-16(3)41-21)27(35)29(36)33(25)31-32-17(4)28(42-31)30(37)38-5/h6,8-11,14-16,25,34H,1,7,12-13H2,2-5H3. The summed E-state index contributed by atoms with van der Waals surface area (Å²) in [5.41, 5.74) is 1.95. The van der Waals surface area contributed by atoms with Crippen LogP contribution in [0.25, 0.3) is 5.76 Å². The molecular formula is C31H30N2O8S. The van der Waals surface area contributed by atoms with Crippen molar-refractivity contribution in [2.45, 2.75) is 39.3 Å². The van der Waals surface area contributed by atoms with Crippen molar-refractivity contribution in [1.29, 1.82) is 0 Å². The average molecular weight is 591 g/mol. The Morgan fingerprint density at radius 1 is 1.21 bits per heavy atom. The molecule has 10 nitrogen and oxygen atoms in total. The van der Waals surface area contributed by atoms with Crippen LogP contribution in [0.3, 0.4) is 0 Å². The summed E-state index contributed by atoms with van der Waals surface area (Å²) in [6.45, 7) is 9.63. The van der Waals surface area contributed by atoms with E-state index in [1.807, 2.05) is 13.8 Å². The molecule has 42 heavy (non-hydrogen) atoms. The second-order valence-electron chi connectivity index (χ2n) is 9.77. The maximum atomic E-state index is 13.7. The third kappa shape index (κ3) is 5.11. The van der Waals surface area contributed by atoms with Crippen LogP contribution in [0.4, 0.5) is 5.13 Å². The molecule has 0 aliphatic carbocycles. The Bertz CT molecular complexity index is 1620. The summed E-state index contributed by atoms with van der Waals surface area (Å²) in [4.78, 5) is 45.5. The number of methoxy groups -OCH3 is 1. The molecule has 3 heterocycles. The molecule has 0 bridgehead atoms. The number of thiazole rings is 1. The summed E-state index contributed by atoms with van der Waals surface area (Å²) in [5, 5.41) is 11.7. The molecule has 2 unspecified atom stereocenters.